The highest BCUT2D eigenvalue weighted by atomic mass is 16.6. The van der Waals surface area contributed by atoms with E-state index in [0.717, 1.165) is 0 Å². The van der Waals surface area contributed by atoms with Crippen LogP contribution in [0, 0.1) is 0 Å². The summed E-state index contributed by atoms with van der Waals surface area (Å²) in [5, 5.41) is 8.88. The Bertz CT molecular complexity index is 283. The van der Waals surface area contributed by atoms with Crippen LogP contribution in [0.2, 0.25) is 0 Å². The van der Waals surface area contributed by atoms with E-state index in [2.05, 4.69) is 0 Å². The number of rotatable bonds is 4. The summed E-state index contributed by atoms with van der Waals surface area (Å²) in [5.41, 5.74) is 7.44. The van der Waals surface area contributed by atoms with Crippen molar-refractivity contribution in [3.63, 3.8) is 0 Å². The van der Waals surface area contributed by atoms with Gasteiger partial charge >= 0.3 is 11.9 Å². The van der Waals surface area contributed by atoms with Gasteiger partial charge < -0.3 is 21.3 Å². The number of ether oxygens (including phenoxy) is 1. The lowest BCUT2D eigenvalue weighted by atomic mass is 9.96. The van der Waals surface area contributed by atoms with Crippen LogP contribution in [0.5, 0.6) is 0 Å². The van der Waals surface area contributed by atoms with Crippen LogP contribution in [-0.4, -0.2) is 34.7 Å². The lowest BCUT2D eigenvalue weighted by Crippen LogP contribution is -2.58. The molecule has 88 valence electrons. The monoisotopic (exact) mass is 219 g/mol. The summed E-state index contributed by atoms with van der Waals surface area (Å²) >= 11 is 0. The molecule has 0 bridgehead atoms. The van der Waals surface area contributed by atoms with Crippen molar-refractivity contribution in [2.75, 3.05) is 6.54 Å². The summed E-state index contributed by atoms with van der Waals surface area (Å²) in [7, 11) is 0. The van der Waals surface area contributed by atoms with E-state index in [9.17, 15) is 9.59 Å². The fourth-order valence-corrected chi connectivity index (χ4v) is 0.866. The predicted octanol–water partition coefficient (Wildman–Crippen LogP) is -0.541. The van der Waals surface area contributed by atoms with Crippen LogP contribution in [-0.2, 0) is 14.3 Å². The standard InChI is InChI=1S/C9H18N2O4/c1-8(2,3)15-7(14)9(11,4-5-10)6(12)13/h4-5,10-11H2,1-3H3,(H,12,13)/i1D. The molecule has 0 aliphatic rings. The average molecular weight is 219 g/mol. The van der Waals surface area contributed by atoms with Crippen LogP contribution < -0.4 is 11.5 Å². The lowest BCUT2D eigenvalue weighted by molar-refractivity contribution is -0.169. The number of aliphatic carboxylic acids is 1. The van der Waals surface area contributed by atoms with Crippen molar-refractivity contribution in [1.29, 1.82) is 0 Å². The summed E-state index contributed by atoms with van der Waals surface area (Å²) in [6.45, 7) is 2.78. The number of carboxylic acid groups (broad SMARTS) is 1. The Labute approximate surface area is 90.0 Å². The van der Waals surface area contributed by atoms with Crippen molar-refractivity contribution >= 4 is 11.9 Å². The van der Waals surface area contributed by atoms with Gasteiger partial charge in [-0.1, -0.05) is 0 Å². The second kappa shape index (κ2) is 4.59. The molecule has 0 aliphatic carbocycles. The predicted molar refractivity (Wildman–Crippen MR) is 54.1 cm³/mol. The van der Waals surface area contributed by atoms with Gasteiger partial charge in [0.2, 0.25) is 5.54 Å². The van der Waals surface area contributed by atoms with E-state index in [1.54, 1.807) is 0 Å². The van der Waals surface area contributed by atoms with Crippen LogP contribution in [0.3, 0.4) is 0 Å². The largest absolute Gasteiger partial charge is 0.479 e. The number of nitrogens with two attached hydrogens (primary N) is 2. The van der Waals surface area contributed by atoms with Crippen LogP contribution >= 0.6 is 0 Å². The molecular formula is C9H18N2O4. The van der Waals surface area contributed by atoms with Crippen molar-refractivity contribution in [2.24, 2.45) is 11.5 Å². The van der Waals surface area contributed by atoms with Crippen LogP contribution in [0.4, 0.5) is 0 Å². The number of esters is 1. The maximum absolute atomic E-state index is 11.6. The number of carbonyl (C=O) groups excluding carboxylic acids is 1. The molecule has 15 heavy (non-hydrogen) atoms. The SMILES string of the molecule is [2H]CC(C)(C)OC(=O)C(N)(CCN)C(=O)O. The first kappa shape index (κ1) is 11.9. The quantitative estimate of drug-likeness (QED) is 0.432. The van der Waals surface area contributed by atoms with Gasteiger partial charge in [-0.25, -0.2) is 9.59 Å². The molecule has 1 atom stereocenters. The molecule has 0 aromatic rings. The third-order valence-electron chi connectivity index (χ3n) is 1.65. The highest BCUT2D eigenvalue weighted by molar-refractivity contribution is 6.03. The molecule has 0 aromatic carbocycles. The summed E-state index contributed by atoms with van der Waals surface area (Å²) in [6, 6.07) is 0. The van der Waals surface area contributed by atoms with Gasteiger partial charge in [-0.3, -0.25) is 0 Å². The first-order valence-corrected chi connectivity index (χ1v) is 4.44. The second-order valence-electron chi connectivity index (χ2n) is 3.96. The normalized spacial score (nSPS) is 16.4. The van der Waals surface area contributed by atoms with Crippen molar-refractivity contribution in [3.8, 4) is 0 Å². The number of carboxylic acids is 1. The first-order valence-electron chi connectivity index (χ1n) is 5.15. The Morgan fingerprint density at radius 3 is 2.40 bits per heavy atom. The molecule has 0 saturated heterocycles. The maximum Gasteiger partial charge on any atom is 0.338 e. The molecule has 0 heterocycles. The molecule has 0 fully saturated rings. The lowest BCUT2D eigenvalue weighted by Gasteiger charge is -2.27. The van der Waals surface area contributed by atoms with Gasteiger partial charge in [0.25, 0.3) is 0 Å². The fraction of sp³-hybridized carbons (Fsp3) is 0.778. The van der Waals surface area contributed by atoms with Gasteiger partial charge in [0, 0.05) is 1.37 Å². The van der Waals surface area contributed by atoms with E-state index in [0.29, 0.717) is 0 Å². The molecule has 6 nitrogen and oxygen atoms in total. The van der Waals surface area contributed by atoms with Gasteiger partial charge in [-0.15, -0.1) is 0 Å². The minimum Gasteiger partial charge on any atom is -0.479 e. The smallest absolute Gasteiger partial charge is 0.338 e. The van der Waals surface area contributed by atoms with E-state index in [1.165, 1.54) is 13.8 Å². The van der Waals surface area contributed by atoms with Gasteiger partial charge in [-0.05, 0) is 33.7 Å². The molecule has 0 saturated carbocycles. The summed E-state index contributed by atoms with van der Waals surface area (Å²) in [4.78, 5) is 22.5. The molecule has 0 aliphatic heterocycles. The topological polar surface area (TPSA) is 116 Å². The molecule has 0 aromatic heterocycles. The third kappa shape index (κ3) is 3.85. The third-order valence-corrected chi connectivity index (χ3v) is 1.65. The number of carbonyl (C=O) groups is 2. The van der Waals surface area contributed by atoms with Crippen LogP contribution in [0.15, 0.2) is 0 Å². The molecule has 0 spiro atoms. The van der Waals surface area contributed by atoms with Crippen LogP contribution in [0.1, 0.15) is 28.5 Å². The number of hydrogen-bond acceptors (Lipinski definition) is 5. The van der Waals surface area contributed by atoms with Gasteiger partial charge in [0.1, 0.15) is 5.60 Å². The zero-order valence-electron chi connectivity index (χ0n) is 9.95. The van der Waals surface area contributed by atoms with E-state index in [4.69, 9.17) is 22.7 Å². The molecule has 0 rings (SSSR count). The Morgan fingerprint density at radius 1 is 1.53 bits per heavy atom. The molecule has 5 N–H and O–H groups in total. The molecule has 1 unspecified atom stereocenters. The summed E-state index contributed by atoms with van der Waals surface area (Å²) in [6.07, 6.45) is -0.213. The second-order valence-corrected chi connectivity index (χ2v) is 3.96. The molecular weight excluding hydrogens is 200 g/mol. The first-order chi connectivity index (χ1) is 7.19. The van der Waals surface area contributed by atoms with Crippen molar-refractivity contribution in [3.05, 3.63) is 0 Å². The highest BCUT2D eigenvalue weighted by Crippen LogP contribution is 2.15. The summed E-state index contributed by atoms with van der Waals surface area (Å²) in [5.74, 6) is -2.55. The molecule has 6 heteroatoms. The average Bonchev–Trinajstić information content (AvgIpc) is 2.17. The number of hydrogen-bond donors (Lipinski definition) is 3. The van der Waals surface area contributed by atoms with E-state index in [1.807, 2.05) is 0 Å². The van der Waals surface area contributed by atoms with E-state index >= 15 is 0 Å². The van der Waals surface area contributed by atoms with Crippen molar-refractivity contribution in [2.45, 2.75) is 38.3 Å². The van der Waals surface area contributed by atoms with E-state index < -0.39 is 23.1 Å². The van der Waals surface area contributed by atoms with Gasteiger partial charge in [-0.2, -0.15) is 0 Å². The van der Waals surface area contributed by atoms with E-state index in [-0.39, 0.29) is 19.9 Å². The Morgan fingerprint density at radius 2 is 2.07 bits per heavy atom. The zero-order valence-corrected chi connectivity index (χ0v) is 8.95. The minimum absolute atomic E-state index is 0.0425. The fourth-order valence-electron chi connectivity index (χ4n) is 0.866. The van der Waals surface area contributed by atoms with Crippen LogP contribution in [0.25, 0.3) is 0 Å². The van der Waals surface area contributed by atoms with Gasteiger partial charge in [0.05, 0.1) is 0 Å². The Hall–Kier alpha value is -1.14. The molecule has 0 amide bonds. The summed E-state index contributed by atoms with van der Waals surface area (Å²) < 4.78 is 12.0. The Kier molecular flexibility index (Phi) is 3.65. The van der Waals surface area contributed by atoms with Crippen molar-refractivity contribution in [1.82, 2.24) is 0 Å². The minimum atomic E-state index is -2.14. The zero-order chi connectivity index (χ0) is 13.0. The van der Waals surface area contributed by atoms with Gasteiger partial charge in [0.15, 0.2) is 0 Å². The molecule has 0 radical (unpaired) electrons. The highest BCUT2D eigenvalue weighted by Gasteiger charge is 2.44. The van der Waals surface area contributed by atoms with Crippen molar-refractivity contribution < 1.29 is 20.8 Å². The Balaban J connectivity index is 4.84. The maximum atomic E-state index is 11.6.